The summed E-state index contributed by atoms with van der Waals surface area (Å²) in [5.74, 6) is -1.55. The molecule has 4 heterocycles. The second-order valence-electron chi connectivity index (χ2n) is 16.2. The van der Waals surface area contributed by atoms with Crippen LogP contribution in [0.4, 0.5) is 4.79 Å². The molecule has 2 aromatic heterocycles. The first-order valence-corrected chi connectivity index (χ1v) is 21.9. The van der Waals surface area contributed by atoms with E-state index in [1.807, 2.05) is 62.5 Å². The van der Waals surface area contributed by atoms with Gasteiger partial charge in [0.15, 0.2) is 7.29 Å². The van der Waals surface area contributed by atoms with Crippen LogP contribution in [0.3, 0.4) is 0 Å². The first-order valence-electron chi connectivity index (χ1n) is 19.0. The monoisotopic (exact) mass is 775 g/mol. The lowest BCUT2D eigenvalue weighted by atomic mass is 9.85. The molecule has 4 N–H and O–H groups in total. The number of fused-ring (bicyclic) bond motifs is 1. The Bertz CT molecular complexity index is 1970. The highest BCUT2D eigenvalue weighted by atomic mass is 32.1. The molecule has 0 bridgehead atoms. The fourth-order valence-electron chi connectivity index (χ4n) is 8.00. The van der Waals surface area contributed by atoms with Gasteiger partial charge in [0, 0.05) is 30.7 Å². The molecule has 2 saturated carbocycles. The van der Waals surface area contributed by atoms with Gasteiger partial charge in [-0.3, -0.25) is 14.4 Å². The van der Waals surface area contributed by atoms with Crippen molar-refractivity contribution in [3.8, 4) is 16.5 Å². The molecule has 15 heteroatoms. The molecule has 0 spiro atoms. The summed E-state index contributed by atoms with van der Waals surface area (Å²) in [6.07, 6.45) is 7.62. The van der Waals surface area contributed by atoms with Gasteiger partial charge in [0.05, 0.1) is 22.5 Å². The SMILES string of the molecule is C=CC1C[C@]1(NC(=O)[C@@H]1C[C@@H](Oc2nc3ccccc3nc2-c2cccs2)CN1C(=O)[C@@H](NC(=O)NC1CCCC1)C(C)(C)C)C(=O)NP1(=O)CCCC1. The summed E-state index contributed by atoms with van der Waals surface area (Å²) >= 11 is 1.50. The largest absolute Gasteiger partial charge is 0.471 e. The van der Waals surface area contributed by atoms with Crippen LogP contribution in [-0.2, 0) is 18.9 Å². The van der Waals surface area contributed by atoms with Crippen LogP contribution in [0.15, 0.2) is 54.4 Å². The molecule has 5 atom stereocenters. The van der Waals surface area contributed by atoms with Gasteiger partial charge in [-0.1, -0.05) is 57.9 Å². The summed E-state index contributed by atoms with van der Waals surface area (Å²) < 4.78 is 20.0. The molecule has 7 rings (SSSR count). The minimum absolute atomic E-state index is 0.0209. The van der Waals surface area contributed by atoms with Crippen LogP contribution >= 0.6 is 18.6 Å². The van der Waals surface area contributed by atoms with Crippen molar-refractivity contribution in [3.63, 3.8) is 0 Å². The van der Waals surface area contributed by atoms with E-state index < -0.39 is 60.2 Å². The number of urea groups is 1. The van der Waals surface area contributed by atoms with Crippen LogP contribution in [0.25, 0.3) is 21.6 Å². The molecule has 13 nitrogen and oxygen atoms in total. The number of hydrogen-bond acceptors (Lipinski definition) is 9. The number of aromatic nitrogens is 2. The number of carbonyl (C=O) groups excluding carboxylic acids is 4. The number of rotatable bonds is 11. The fourth-order valence-corrected chi connectivity index (χ4v) is 11.2. The van der Waals surface area contributed by atoms with Gasteiger partial charge in [-0.25, -0.2) is 14.8 Å². The number of likely N-dealkylation sites (tertiary alicyclic amines) is 1. The highest BCUT2D eigenvalue weighted by Gasteiger charge is 2.61. The first-order chi connectivity index (χ1) is 25.8. The highest BCUT2D eigenvalue weighted by molar-refractivity contribution is 7.62. The average molecular weight is 776 g/mol. The molecule has 2 saturated heterocycles. The summed E-state index contributed by atoms with van der Waals surface area (Å²) in [5.41, 5.74) is -0.161. The molecule has 1 unspecified atom stereocenters. The standard InChI is InChI=1S/C39H50N7O6PS/c1-5-24-22-39(24,36(49)45-53(51)18-10-11-19-53)44-33(47)29-21-26(52-34-31(30-17-12-20-54-30)41-27-15-8-9-16-28(27)42-34)23-46(29)35(48)32(38(2,3)4)43-37(50)40-25-13-6-7-14-25/h5,8-9,12,15-17,20,24-26,29,32H,1,6-7,10-11,13-14,18-19,21-23H2,2-4H3,(H,44,47)(H2,40,43,50)(H,45,49,51)/t24?,26-,29+,32-,39-/m1/s1. The Labute approximate surface area is 319 Å². The normalized spacial score (nSPS) is 25.5. The number of carbonyl (C=O) groups is 4. The van der Waals surface area contributed by atoms with Crippen molar-refractivity contribution in [1.82, 2.24) is 35.9 Å². The molecule has 2 aliphatic carbocycles. The van der Waals surface area contributed by atoms with E-state index in [4.69, 9.17) is 14.7 Å². The predicted octanol–water partition coefficient (Wildman–Crippen LogP) is 5.61. The molecule has 2 aliphatic heterocycles. The Morgan fingerprint density at radius 1 is 1.04 bits per heavy atom. The Hall–Kier alpha value is -4.29. The summed E-state index contributed by atoms with van der Waals surface area (Å²) in [6.45, 7) is 9.50. The number of nitrogens with one attached hydrogen (secondary N) is 4. The number of amides is 5. The number of hydrogen-bond donors (Lipinski definition) is 4. The fraction of sp³-hybridized carbons (Fsp3) is 0.538. The van der Waals surface area contributed by atoms with Crippen molar-refractivity contribution in [3.05, 3.63) is 54.4 Å². The minimum atomic E-state index is -2.89. The van der Waals surface area contributed by atoms with Crippen molar-refractivity contribution >= 4 is 53.4 Å². The maximum atomic E-state index is 14.7. The van der Waals surface area contributed by atoms with Crippen molar-refractivity contribution in [1.29, 1.82) is 0 Å². The van der Waals surface area contributed by atoms with Gasteiger partial charge in [0.2, 0.25) is 17.7 Å². The van der Waals surface area contributed by atoms with E-state index in [1.54, 1.807) is 6.08 Å². The Morgan fingerprint density at radius 2 is 1.74 bits per heavy atom. The second kappa shape index (κ2) is 15.1. The van der Waals surface area contributed by atoms with Gasteiger partial charge >= 0.3 is 6.03 Å². The average Bonchev–Trinajstić information content (AvgIpc) is 3.77. The third-order valence-corrected chi connectivity index (χ3v) is 14.7. The molecule has 54 heavy (non-hydrogen) atoms. The Kier molecular flexibility index (Phi) is 10.6. The number of nitrogens with zero attached hydrogens (tertiary/aromatic N) is 3. The van der Waals surface area contributed by atoms with Gasteiger partial charge in [0.1, 0.15) is 29.4 Å². The molecule has 0 radical (unpaired) electrons. The molecular formula is C39H50N7O6PS. The van der Waals surface area contributed by atoms with Crippen molar-refractivity contribution in [2.24, 2.45) is 11.3 Å². The van der Waals surface area contributed by atoms with E-state index in [2.05, 4.69) is 27.6 Å². The Morgan fingerprint density at radius 3 is 2.37 bits per heavy atom. The highest BCUT2D eigenvalue weighted by Crippen LogP contribution is 2.52. The van der Waals surface area contributed by atoms with Gasteiger partial charge < -0.3 is 35.2 Å². The summed E-state index contributed by atoms with van der Waals surface area (Å²) in [6, 6.07) is 8.92. The van der Waals surface area contributed by atoms with E-state index in [-0.39, 0.29) is 30.8 Å². The first kappa shape index (κ1) is 38.0. The molecule has 1 aromatic carbocycles. The molecule has 4 fully saturated rings. The predicted molar refractivity (Wildman–Crippen MR) is 208 cm³/mol. The lowest BCUT2D eigenvalue weighted by molar-refractivity contribution is -0.142. The molecular weight excluding hydrogens is 726 g/mol. The summed E-state index contributed by atoms with van der Waals surface area (Å²) in [5, 5.41) is 13.7. The summed E-state index contributed by atoms with van der Waals surface area (Å²) in [4.78, 5) is 68.2. The second-order valence-corrected chi connectivity index (χ2v) is 20.1. The van der Waals surface area contributed by atoms with Crippen LogP contribution < -0.4 is 25.8 Å². The Balaban J connectivity index is 1.18. The van der Waals surface area contributed by atoms with Crippen LogP contribution in [-0.4, -0.2) is 87.3 Å². The lowest BCUT2D eigenvalue weighted by Gasteiger charge is -2.36. The van der Waals surface area contributed by atoms with Crippen LogP contribution in [0.2, 0.25) is 0 Å². The van der Waals surface area contributed by atoms with Gasteiger partial charge in [-0.2, -0.15) is 0 Å². The number of benzene rings is 1. The van der Waals surface area contributed by atoms with E-state index in [1.165, 1.54) is 16.2 Å². The topological polar surface area (TPSA) is 172 Å². The van der Waals surface area contributed by atoms with Crippen molar-refractivity contribution < 1.29 is 28.5 Å². The third kappa shape index (κ3) is 7.91. The zero-order valence-corrected chi connectivity index (χ0v) is 32.8. The smallest absolute Gasteiger partial charge is 0.315 e. The number of para-hydroxylation sites is 2. The zero-order chi connectivity index (χ0) is 38.3. The quantitative estimate of drug-likeness (QED) is 0.144. The molecule has 4 aliphatic rings. The van der Waals surface area contributed by atoms with Gasteiger partial charge in [-0.15, -0.1) is 17.9 Å². The van der Waals surface area contributed by atoms with E-state index in [0.29, 0.717) is 35.5 Å². The molecule has 3 aromatic rings. The zero-order valence-electron chi connectivity index (χ0n) is 31.1. The van der Waals surface area contributed by atoms with Gasteiger partial charge in [-0.05, 0) is 61.1 Å². The number of thiophene rings is 1. The van der Waals surface area contributed by atoms with Crippen LogP contribution in [0.1, 0.15) is 72.1 Å². The lowest BCUT2D eigenvalue weighted by Crippen LogP contribution is -2.61. The third-order valence-electron chi connectivity index (χ3n) is 11.1. The van der Waals surface area contributed by atoms with E-state index in [9.17, 15) is 23.7 Å². The van der Waals surface area contributed by atoms with Gasteiger partial charge in [0.25, 0.3) is 5.91 Å². The number of ether oxygens (including phenoxy) is 1. The van der Waals surface area contributed by atoms with Crippen LogP contribution in [0, 0.1) is 11.3 Å². The maximum absolute atomic E-state index is 14.7. The summed E-state index contributed by atoms with van der Waals surface area (Å²) in [7, 11) is -2.89. The minimum Gasteiger partial charge on any atom is -0.471 e. The van der Waals surface area contributed by atoms with Crippen molar-refractivity contribution in [2.45, 2.75) is 102 Å². The van der Waals surface area contributed by atoms with E-state index in [0.717, 1.165) is 43.4 Å². The molecule has 5 amide bonds. The van der Waals surface area contributed by atoms with Crippen LogP contribution in [0.5, 0.6) is 5.88 Å². The van der Waals surface area contributed by atoms with E-state index >= 15 is 0 Å². The maximum Gasteiger partial charge on any atom is 0.315 e. The van der Waals surface area contributed by atoms with Crippen molar-refractivity contribution in [2.75, 3.05) is 18.9 Å². The molecule has 288 valence electrons.